The van der Waals surface area contributed by atoms with Gasteiger partial charge in [0.25, 0.3) is 0 Å². The van der Waals surface area contributed by atoms with Crippen LogP contribution >= 0.6 is 0 Å². The molecule has 3 N–H and O–H groups in total. The van der Waals surface area contributed by atoms with Gasteiger partial charge in [0.1, 0.15) is 5.78 Å². The number of Topliss-reactive ketones (excluding diaryl/α,β-unsaturated/α-hetero) is 1. The van der Waals surface area contributed by atoms with Crippen LogP contribution in [0.1, 0.15) is 64.7 Å². The van der Waals surface area contributed by atoms with Crippen LogP contribution in [0, 0.1) is 11.8 Å². The van der Waals surface area contributed by atoms with Gasteiger partial charge in [0, 0.05) is 24.7 Å². The maximum absolute atomic E-state index is 12.0. The minimum atomic E-state index is -0.876. The molecule has 0 aromatic rings. The molecule has 4 atom stereocenters. The first-order valence-electron chi connectivity index (χ1n) is 9.39. The normalized spacial score (nSPS) is 25.2. The van der Waals surface area contributed by atoms with Gasteiger partial charge in [0.2, 0.25) is 0 Å². The van der Waals surface area contributed by atoms with Crippen molar-refractivity contribution < 1.29 is 24.9 Å². The van der Waals surface area contributed by atoms with Crippen molar-refractivity contribution in [2.75, 3.05) is 0 Å². The molecule has 0 bridgehead atoms. The highest BCUT2D eigenvalue weighted by Gasteiger charge is 2.39. The fourth-order valence-corrected chi connectivity index (χ4v) is 3.27. The Hall–Kier alpha value is -1.46. The molecule has 1 aliphatic rings. The number of rotatable bonds is 12. The highest BCUT2D eigenvalue weighted by Crippen LogP contribution is 2.34. The number of carboxylic acids is 1. The lowest BCUT2D eigenvalue weighted by Crippen LogP contribution is -2.19. The maximum Gasteiger partial charge on any atom is 0.303 e. The number of carbonyl (C=O) groups is 2. The fraction of sp³-hybridized carbons (Fsp3) is 0.700. The lowest BCUT2D eigenvalue weighted by atomic mass is 9.89. The summed E-state index contributed by atoms with van der Waals surface area (Å²) in [6.07, 6.45) is 12.2. The third-order valence-corrected chi connectivity index (χ3v) is 4.71. The van der Waals surface area contributed by atoms with E-state index in [1.54, 1.807) is 12.2 Å². The van der Waals surface area contributed by atoms with Crippen LogP contribution in [0.4, 0.5) is 0 Å². The summed E-state index contributed by atoms with van der Waals surface area (Å²) < 4.78 is 0. The summed E-state index contributed by atoms with van der Waals surface area (Å²) in [6.45, 7) is 2.16. The molecule has 0 aliphatic heterocycles. The molecule has 0 aromatic carbocycles. The molecule has 25 heavy (non-hydrogen) atoms. The van der Waals surface area contributed by atoms with Gasteiger partial charge in [0.15, 0.2) is 0 Å². The van der Waals surface area contributed by atoms with Gasteiger partial charge in [-0.25, -0.2) is 0 Å². The first kappa shape index (κ1) is 21.6. The molecule has 0 aromatic heterocycles. The van der Waals surface area contributed by atoms with Crippen molar-refractivity contribution in [2.45, 2.75) is 76.9 Å². The van der Waals surface area contributed by atoms with E-state index in [0.717, 1.165) is 12.8 Å². The summed E-state index contributed by atoms with van der Waals surface area (Å²) in [5.41, 5.74) is 0. The van der Waals surface area contributed by atoms with E-state index in [4.69, 9.17) is 5.11 Å². The Morgan fingerprint density at radius 3 is 2.72 bits per heavy atom. The zero-order valence-electron chi connectivity index (χ0n) is 15.1. The van der Waals surface area contributed by atoms with Crippen LogP contribution in [0.5, 0.6) is 0 Å². The van der Waals surface area contributed by atoms with Gasteiger partial charge in [-0.05, 0) is 32.1 Å². The molecule has 0 saturated heterocycles. The standard InChI is InChI=1S/C20H32O5/c1-2-3-4-5-6-7-9-15(21)12-13-17-16(10-8-11-20(24)25)18(22)14-19(17)23/h6-7,12-13,15-17,19,21,23H,2-5,8-11,14H2,1H3,(H,24,25)/b7-6-,13-12+/t15-,16+,17+,19-/m0/s1. The van der Waals surface area contributed by atoms with Crippen molar-refractivity contribution in [3.63, 3.8) is 0 Å². The van der Waals surface area contributed by atoms with Crippen LogP contribution in [0.25, 0.3) is 0 Å². The zero-order chi connectivity index (χ0) is 18.7. The highest BCUT2D eigenvalue weighted by molar-refractivity contribution is 5.84. The molecule has 0 amide bonds. The number of carboxylic acid groups (broad SMARTS) is 1. The second kappa shape index (κ2) is 12.0. The molecule has 1 aliphatic carbocycles. The smallest absolute Gasteiger partial charge is 0.303 e. The van der Waals surface area contributed by atoms with Crippen molar-refractivity contribution in [3.05, 3.63) is 24.3 Å². The number of unbranched alkanes of at least 4 members (excludes halogenated alkanes) is 3. The van der Waals surface area contributed by atoms with E-state index in [1.807, 2.05) is 6.08 Å². The average molecular weight is 352 g/mol. The molecule has 1 rings (SSSR count). The summed E-state index contributed by atoms with van der Waals surface area (Å²) in [4.78, 5) is 22.6. The van der Waals surface area contributed by atoms with E-state index in [1.165, 1.54) is 12.8 Å². The molecule has 1 fully saturated rings. The van der Waals surface area contributed by atoms with Crippen molar-refractivity contribution in [3.8, 4) is 0 Å². The molecule has 0 radical (unpaired) electrons. The van der Waals surface area contributed by atoms with Crippen LogP contribution in [0.15, 0.2) is 24.3 Å². The molecule has 0 unspecified atom stereocenters. The van der Waals surface area contributed by atoms with Gasteiger partial charge in [0.05, 0.1) is 12.2 Å². The number of aliphatic hydroxyl groups excluding tert-OH is 2. The predicted octanol–water partition coefficient (Wildman–Crippen LogP) is 3.25. The lowest BCUT2D eigenvalue weighted by Gasteiger charge is -2.17. The van der Waals surface area contributed by atoms with Gasteiger partial charge >= 0.3 is 5.97 Å². The average Bonchev–Trinajstić information content (AvgIpc) is 2.82. The summed E-state index contributed by atoms with van der Waals surface area (Å²) >= 11 is 0. The number of aliphatic hydroxyl groups is 2. The zero-order valence-corrected chi connectivity index (χ0v) is 15.1. The predicted molar refractivity (Wildman–Crippen MR) is 97.1 cm³/mol. The van der Waals surface area contributed by atoms with Crippen molar-refractivity contribution in [1.29, 1.82) is 0 Å². The monoisotopic (exact) mass is 352 g/mol. The Kier molecular flexibility index (Phi) is 10.3. The molecule has 0 heterocycles. The molecule has 5 heteroatoms. The lowest BCUT2D eigenvalue weighted by molar-refractivity contribution is -0.137. The minimum absolute atomic E-state index is 0.0159. The fourth-order valence-electron chi connectivity index (χ4n) is 3.27. The summed E-state index contributed by atoms with van der Waals surface area (Å²) in [5.74, 6) is -1.57. The van der Waals surface area contributed by atoms with E-state index in [9.17, 15) is 19.8 Å². The summed E-state index contributed by atoms with van der Waals surface area (Å²) in [5, 5.41) is 28.8. The summed E-state index contributed by atoms with van der Waals surface area (Å²) in [6, 6.07) is 0. The van der Waals surface area contributed by atoms with E-state index in [2.05, 4.69) is 13.0 Å². The largest absolute Gasteiger partial charge is 0.481 e. The minimum Gasteiger partial charge on any atom is -0.481 e. The quantitative estimate of drug-likeness (QED) is 0.370. The second-order valence-corrected chi connectivity index (χ2v) is 6.86. The third-order valence-electron chi connectivity index (χ3n) is 4.71. The van der Waals surface area contributed by atoms with Crippen LogP contribution in [-0.2, 0) is 9.59 Å². The molecular formula is C20H32O5. The Labute approximate surface area is 150 Å². The number of carbonyl (C=O) groups excluding carboxylic acids is 1. The number of allylic oxidation sites excluding steroid dienone is 1. The van der Waals surface area contributed by atoms with Gasteiger partial charge in [-0.15, -0.1) is 0 Å². The molecule has 142 valence electrons. The van der Waals surface area contributed by atoms with E-state index in [-0.39, 0.29) is 30.5 Å². The molecule has 5 nitrogen and oxygen atoms in total. The van der Waals surface area contributed by atoms with E-state index < -0.39 is 18.2 Å². The maximum atomic E-state index is 12.0. The molecular weight excluding hydrogens is 320 g/mol. The van der Waals surface area contributed by atoms with Crippen molar-refractivity contribution >= 4 is 11.8 Å². The van der Waals surface area contributed by atoms with E-state index >= 15 is 0 Å². The van der Waals surface area contributed by atoms with Gasteiger partial charge in [-0.3, -0.25) is 9.59 Å². The Morgan fingerprint density at radius 1 is 1.28 bits per heavy atom. The van der Waals surface area contributed by atoms with Crippen LogP contribution in [0.3, 0.4) is 0 Å². The highest BCUT2D eigenvalue weighted by atomic mass is 16.4. The first-order chi connectivity index (χ1) is 12.0. The topological polar surface area (TPSA) is 94.8 Å². The van der Waals surface area contributed by atoms with Gasteiger partial charge < -0.3 is 15.3 Å². The van der Waals surface area contributed by atoms with Crippen LogP contribution < -0.4 is 0 Å². The van der Waals surface area contributed by atoms with Crippen LogP contribution in [0.2, 0.25) is 0 Å². The van der Waals surface area contributed by atoms with Gasteiger partial charge in [-0.1, -0.05) is 44.1 Å². The number of hydrogen-bond acceptors (Lipinski definition) is 4. The SMILES string of the molecule is CCCCC/C=C\C[C@H](O)/C=C/[C@H]1[C@@H](O)CC(=O)[C@@H]1CCCC(=O)O. The number of aliphatic carboxylic acids is 1. The van der Waals surface area contributed by atoms with Crippen molar-refractivity contribution in [1.82, 2.24) is 0 Å². The van der Waals surface area contributed by atoms with E-state index in [0.29, 0.717) is 19.3 Å². The number of hydrogen-bond donors (Lipinski definition) is 3. The Balaban J connectivity index is 2.45. The molecule has 1 saturated carbocycles. The third kappa shape index (κ3) is 8.45. The number of ketones is 1. The Morgan fingerprint density at radius 2 is 2.04 bits per heavy atom. The van der Waals surface area contributed by atoms with Crippen molar-refractivity contribution in [2.24, 2.45) is 11.8 Å². The Bertz CT molecular complexity index is 469. The summed E-state index contributed by atoms with van der Waals surface area (Å²) in [7, 11) is 0. The van der Waals surface area contributed by atoms with Crippen LogP contribution in [-0.4, -0.2) is 39.3 Å². The van der Waals surface area contributed by atoms with Gasteiger partial charge in [-0.2, -0.15) is 0 Å². The first-order valence-corrected chi connectivity index (χ1v) is 9.39. The molecule has 0 spiro atoms. The second-order valence-electron chi connectivity index (χ2n) is 6.86.